The van der Waals surface area contributed by atoms with Crippen LogP contribution in [0.2, 0.25) is 0 Å². The largest absolute Gasteiger partial charge is 0.368 e. The SMILES string of the molecule is CCCCN(CC(N)=O)C(=O)CC(C)(C)N. The van der Waals surface area contributed by atoms with Crippen LogP contribution in [-0.4, -0.2) is 35.3 Å². The van der Waals surface area contributed by atoms with Crippen LogP contribution >= 0.6 is 0 Å². The maximum Gasteiger partial charge on any atom is 0.237 e. The van der Waals surface area contributed by atoms with Gasteiger partial charge in [0.25, 0.3) is 0 Å². The van der Waals surface area contributed by atoms with Crippen LogP contribution in [0, 0.1) is 0 Å². The highest BCUT2D eigenvalue weighted by Gasteiger charge is 2.22. The molecule has 0 radical (unpaired) electrons. The van der Waals surface area contributed by atoms with E-state index in [1.807, 2.05) is 6.92 Å². The zero-order chi connectivity index (χ0) is 12.8. The van der Waals surface area contributed by atoms with E-state index in [-0.39, 0.29) is 18.9 Å². The average Bonchev–Trinajstić information content (AvgIpc) is 2.08. The summed E-state index contributed by atoms with van der Waals surface area (Å²) in [6.45, 7) is 6.14. The summed E-state index contributed by atoms with van der Waals surface area (Å²) in [5.74, 6) is -0.598. The zero-order valence-electron chi connectivity index (χ0n) is 10.5. The van der Waals surface area contributed by atoms with Gasteiger partial charge < -0.3 is 16.4 Å². The lowest BCUT2D eigenvalue weighted by atomic mass is 10.0. The van der Waals surface area contributed by atoms with Gasteiger partial charge in [0.1, 0.15) is 0 Å². The van der Waals surface area contributed by atoms with Gasteiger partial charge in [0, 0.05) is 18.5 Å². The Morgan fingerprint density at radius 2 is 1.88 bits per heavy atom. The number of primary amides is 1. The second-order valence-corrected chi connectivity index (χ2v) is 4.80. The predicted molar refractivity (Wildman–Crippen MR) is 63.6 cm³/mol. The topological polar surface area (TPSA) is 89.4 Å². The van der Waals surface area contributed by atoms with Gasteiger partial charge in [-0.15, -0.1) is 0 Å². The van der Waals surface area contributed by atoms with Crippen LogP contribution in [0.5, 0.6) is 0 Å². The van der Waals surface area contributed by atoms with Crippen molar-refractivity contribution in [1.29, 1.82) is 0 Å². The first-order valence-electron chi connectivity index (χ1n) is 5.61. The first kappa shape index (κ1) is 14.9. The maximum absolute atomic E-state index is 11.8. The normalized spacial score (nSPS) is 11.2. The summed E-state index contributed by atoms with van der Waals surface area (Å²) in [7, 11) is 0. The molecule has 0 unspecified atom stereocenters. The van der Waals surface area contributed by atoms with E-state index >= 15 is 0 Å². The quantitative estimate of drug-likeness (QED) is 0.654. The van der Waals surface area contributed by atoms with E-state index in [1.165, 1.54) is 4.90 Å². The van der Waals surface area contributed by atoms with Crippen LogP contribution in [0.4, 0.5) is 0 Å². The first-order chi connectivity index (χ1) is 7.26. The highest BCUT2D eigenvalue weighted by Crippen LogP contribution is 2.08. The molecule has 0 aliphatic heterocycles. The molecule has 0 aromatic rings. The number of rotatable bonds is 7. The van der Waals surface area contributed by atoms with Crippen LogP contribution in [0.25, 0.3) is 0 Å². The summed E-state index contributed by atoms with van der Waals surface area (Å²) in [6.07, 6.45) is 2.06. The lowest BCUT2D eigenvalue weighted by Gasteiger charge is -2.25. The molecule has 94 valence electrons. The van der Waals surface area contributed by atoms with Crippen molar-refractivity contribution in [3.05, 3.63) is 0 Å². The third-order valence-electron chi connectivity index (χ3n) is 2.09. The molecule has 5 nitrogen and oxygen atoms in total. The average molecular weight is 229 g/mol. The Morgan fingerprint density at radius 1 is 1.31 bits per heavy atom. The van der Waals surface area contributed by atoms with Crippen LogP contribution in [0.1, 0.15) is 40.0 Å². The number of unbranched alkanes of at least 4 members (excludes halogenated alkanes) is 1. The number of carbonyl (C=O) groups excluding carboxylic acids is 2. The van der Waals surface area contributed by atoms with E-state index < -0.39 is 11.4 Å². The molecule has 0 aromatic carbocycles. The Kier molecular flexibility index (Phi) is 6.03. The summed E-state index contributed by atoms with van der Waals surface area (Å²) < 4.78 is 0. The molecule has 0 atom stereocenters. The minimum atomic E-state index is -0.556. The van der Waals surface area contributed by atoms with Gasteiger partial charge in [-0.1, -0.05) is 13.3 Å². The summed E-state index contributed by atoms with van der Waals surface area (Å²) in [6, 6.07) is 0. The fourth-order valence-electron chi connectivity index (χ4n) is 1.33. The Morgan fingerprint density at radius 3 is 2.25 bits per heavy atom. The van der Waals surface area contributed by atoms with Crippen molar-refractivity contribution < 1.29 is 9.59 Å². The fourth-order valence-corrected chi connectivity index (χ4v) is 1.33. The number of nitrogens with two attached hydrogens (primary N) is 2. The molecule has 0 aromatic heterocycles. The van der Waals surface area contributed by atoms with Crippen LogP contribution in [0.15, 0.2) is 0 Å². The molecular formula is C11H23N3O2. The Hall–Kier alpha value is -1.10. The van der Waals surface area contributed by atoms with Gasteiger partial charge in [-0.3, -0.25) is 9.59 Å². The lowest BCUT2D eigenvalue weighted by Crippen LogP contribution is -2.44. The predicted octanol–water partition coefficient (Wildman–Crippen LogP) is 0.228. The van der Waals surface area contributed by atoms with Crippen LogP contribution in [0.3, 0.4) is 0 Å². The van der Waals surface area contributed by atoms with Gasteiger partial charge in [-0.05, 0) is 20.3 Å². The molecular weight excluding hydrogens is 206 g/mol. The second kappa shape index (κ2) is 6.48. The third kappa shape index (κ3) is 7.23. The molecule has 2 amide bonds. The molecule has 16 heavy (non-hydrogen) atoms. The van der Waals surface area contributed by atoms with E-state index in [2.05, 4.69) is 0 Å². The monoisotopic (exact) mass is 229 g/mol. The van der Waals surface area contributed by atoms with Crippen molar-refractivity contribution in [3.63, 3.8) is 0 Å². The van der Waals surface area contributed by atoms with Crippen molar-refractivity contribution in [2.24, 2.45) is 11.5 Å². The molecule has 0 aliphatic rings. The number of hydrogen-bond acceptors (Lipinski definition) is 3. The van der Waals surface area contributed by atoms with E-state index in [0.717, 1.165) is 12.8 Å². The Labute approximate surface area is 97.2 Å². The van der Waals surface area contributed by atoms with Gasteiger partial charge in [0.15, 0.2) is 0 Å². The van der Waals surface area contributed by atoms with Crippen molar-refractivity contribution in [1.82, 2.24) is 4.90 Å². The van der Waals surface area contributed by atoms with Gasteiger partial charge in [-0.2, -0.15) is 0 Å². The highest BCUT2D eigenvalue weighted by atomic mass is 16.2. The minimum Gasteiger partial charge on any atom is -0.368 e. The molecule has 0 aliphatic carbocycles. The Bertz CT molecular complexity index is 246. The summed E-state index contributed by atoms with van der Waals surface area (Å²) in [4.78, 5) is 24.2. The van der Waals surface area contributed by atoms with E-state index in [4.69, 9.17) is 11.5 Å². The Balaban J connectivity index is 4.37. The van der Waals surface area contributed by atoms with Crippen molar-refractivity contribution in [2.75, 3.05) is 13.1 Å². The number of amides is 2. The smallest absolute Gasteiger partial charge is 0.237 e. The molecule has 0 heterocycles. The molecule has 0 rings (SSSR count). The molecule has 0 fully saturated rings. The molecule has 5 heteroatoms. The van der Waals surface area contributed by atoms with Gasteiger partial charge >= 0.3 is 0 Å². The van der Waals surface area contributed by atoms with Gasteiger partial charge in [-0.25, -0.2) is 0 Å². The number of carbonyl (C=O) groups is 2. The van der Waals surface area contributed by atoms with Crippen LogP contribution < -0.4 is 11.5 Å². The zero-order valence-corrected chi connectivity index (χ0v) is 10.5. The van der Waals surface area contributed by atoms with E-state index in [0.29, 0.717) is 6.54 Å². The van der Waals surface area contributed by atoms with Crippen molar-refractivity contribution in [2.45, 2.75) is 45.6 Å². The maximum atomic E-state index is 11.8. The first-order valence-corrected chi connectivity index (χ1v) is 5.61. The van der Waals surface area contributed by atoms with Gasteiger partial charge in [0.2, 0.25) is 11.8 Å². The van der Waals surface area contributed by atoms with Crippen molar-refractivity contribution >= 4 is 11.8 Å². The number of hydrogen-bond donors (Lipinski definition) is 2. The molecule has 0 bridgehead atoms. The standard InChI is InChI=1S/C11H23N3O2/c1-4-5-6-14(8-9(12)15)10(16)7-11(2,3)13/h4-8,13H2,1-3H3,(H2,12,15). The molecule has 4 N–H and O–H groups in total. The van der Waals surface area contributed by atoms with E-state index in [9.17, 15) is 9.59 Å². The lowest BCUT2D eigenvalue weighted by molar-refractivity contribution is -0.136. The van der Waals surface area contributed by atoms with Gasteiger partial charge in [0.05, 0.1) is 6.54 Å². The van der Waals surface area contributed by atoms with Crippen LogP contribution in [-0.2, 0) is 9.59 Å². The number of nitrogens with zero attached hydrogens (tertiary/aromatic N) is 1. The molecule has 0 saturated carbocycles. The fraction of sp³-hybridized carbons (Fsp3) is 0.818. The minimum absolute atomic E-state index is 0.0189. The third-order valence-corrected chi connectivity index (χ3v) is 2.09. The molecule has 0 spiro atoms. The molecule has 0 saturated heterocycles. The van der Waals surface area contributed by atoms with Crippen molar-refractivity contribution in [3.8, 4) is 0 Å². The second-order valence-electron chi connectivity index (χ2n) is 4.80. The summed E-state index contributed by atoms with van der Waals surface area (Å²) >= 11 is 0. The summed E-state index contributed by atoms with van der Waals surface area (Å²) in [5, 5.41) is 0. The highest BCUT2D eigenvalue weighted by molar-refractivity contribution is 5.84. The summed E-state index contributed by atoms with van der Waals surface area (Å²) in [5.41, 5.74) is 10.3. The van der Waals surface area contributed by atoms with E-state index in [1.54, 1.807) is 13.8 Å².